The van der Waals surface area contributed by atoms with Crippen molar-refractivity contribution in [1.29, 1.82) is 0 Å². The van der Waals surface area contributed by atoms with Gasteiger partial charge in [0.15, 0.2) is 0 Å². The zero-order valence-electron chi connectivity index (χ0n) is 16.7. The number of para-hydroxylation sites is 1. The van der Waals surface area contributed by atoms with E-state index in [1.165, 1.54) is 16.3 Å². The summed E-state index contributed by atoms with van der Waals surface area (Å²) in [5, 5.41) is 9.60. The molecule has 1 unspecified atom stereocenters. The van der Waals surface area contributed by atoms with Gasteiger partial charge in [-0.15, -0.1) is 34.0 Å². The van der Waals surface area contributed by atoms with E-state index in [1.807, 2.05) is 6.07 Å². The van der Waals surface area contributed by atoms with Gasteiger partial charge in [-0.2, -0.15) is 0 Å². The highest BCUT2D eigenvalue weighted by Crippen LogP contribution is 2.30. The summed E-state index contributed by atoms with van der Waals surface area (Å²) in [4.78, 5) is 5.92. The average Bonchev–Trinajstić information content (AvgIpc) is 3.15. The van der Waals surface area contributed by atoms with Gasteiger partial charge in [-0.1, -0.05) is 42.5 Å². The second kappa shape index (κ2) is 11.6. The minimum absolute atomic E-state index is 0. The number of piperazine rings is 1. The van der Waals surface area contributed by atoms with Gasteiger partial charge >= 0.3 is 0 Å². The Balaban J connectivity index is 0.00000150. The smallest absolute Gasteiger partial charge is 0.123 e. The van der Waals surface area contributed by atoms with E-state index >= 15 is 0 Å². The fraction of sp³-hybridized carbons (Fsp3) is 0.364. The Labute approximate surface area is 193 Å². The van der Waals surface area contributed by atoms with Crippen LogP contribution in [-0.4, -0.2) is 49.7 Å². The molecule has 29 heavy (non-hydrogen) atoms. The van der Waals surface area contributed by atoms with Crippen LogP contribution in [-0.2, 0) is 0 Å². The molecule has 4 rings (SSSR count). The first-order chi connectivity index (χ1) is 13.4. The van der Waals surface area contributed by atoms with Crippen molar-refractivity contribution in [1.82, 2.24) is 15.2 Å². The number of H-pyrrole nitrogens is 1. The standard InChI is InChI=1S/C22H28N4O.2BrH/c1-27-21-10-5-4-9-19(21)20-16-23-12-14-26(20)13-6-11-24-22-18-8-3-2-7-17(18)15-25-22;;/h2-5,7-10,15,20,23-25H,6,11-14,16H2,1H3;2*1H. The number of ether oxygens (including phenoxy) is 1. The topological polar surface area (TPSA) is 52.3 Å². The second-order valence-corrected chi connectivity index (χ2v) is 7.03. The van der Waals surface area contributed by atoms with Crippen LogP contribution in [0.2, 0.25) is 0 Å². The van der Waals surface area contributed by atoms with E-state index in [1.54, 1.807) is 7.11 Å². The van der Waals surface area contributed by atoms with E-state index in [4.69, 9.17) is 4.74 Å². The summed E-state index contributed by atoms with van der Waals surface area (Å²) < 4.78 is 5.59. The molecule has 2 aromatic carbocycles. The van der Waals surface area contributed by atoms with Gasteiger partial charge in [0.1, 0.15) is 11.6 Å². The first kappa shape index (κ1) is 23.7. The Morgan fingerprint density at radius 3 is 2.76 bits per heavy atom. The number of aromatic nitrogens is 1. The van der Waals surface area contributed by atoms with E-state index in [0.29, 0.717) is 6.04 Å². The summed E-state index contributed by atoms with van der Waals surface area (Å²) in [5.74, 6) is 2.10. The number of rotatable bonds is 7. The minimum atomic E-state index is 0. The Bertz CT molecular complexity index is 886. The number of fused-ring (bicyclic) bond motifs is 1. The largest absolute Gasteiger partial charge is 0.496 e. The van der Waals surface area contributed by atoms with Crippen LogP contribution in [0.5, 0.6) is 5.75 Å². The minimum Gasteiger partial charge on any atom is -0.496 e. The summed E-state index contributed by atoms with van der Waals surface area (Å²) in [7, 11) is 1.75. The molecule has 0 amide bonds. The second-order valence-electron chi connectivity index (χ2n) is 7.03. The van der Waals surface area contributed by atoms with Crippen LogP contribution in [0.15, 0.2) is 54.7 Å². The number of benzene rings is 2. The molecule has 5 nitrogen and oxygen atoms in total. The number of hydrogen-bond acceptors (Lipinski definition) is 4. The van der Waals surface area contributed by atoms with Gasteiger partial charge in [0.25, 0.3) is 0 Å². The molecule has 1 saturated heterocycles. The zero-order valence-corrected chi connectivity index (χ0v) is 20.1. The maximum Gasteiger partial charge on any atom is 0.123 e. The summed E-state index contributed by atoms with van der Waals surface area (Å²) in [6.07, 6.45) is 3.16. The third-order valence-corrected chi connectivity index (χ3v) is 5.38. The normalized spacial score (nSPS) is 16.7. The van der Waals surface area contributed by atoms with E-state index in [0.717, 1.165) is 50.7 Å². The number of anilines is 1. The Morgan fingerprint density at radius 2 is 1.90 bits per heavy atom. The van der Waals surface area contributed by atoms with Gasteiger partial charge < -0.3 is 20.4 Å². The van der Waals surface area contributed by atoms with Crippen molar-refractivity contribution >= 4 is 50.6 Å². The molecule has 0 bridgehead atoms. The summed E-state index contributed by atoms with van der Waals surface area (Å²) in [6, 6.07) is 17.2. The number of hydrogen-bond donors (Lipinski definition) is 3. The molecule has 1 aromatic heterocycles. The maximum atomic E-state index is 5.59. The van der Waals surface area contributed by atoms with Crippen molar-refractivity contribution in [3.05, 3.63) is 60.3 Å². The van der Waals surface area contributed by atoms with Gasteiger partial charge in [0.05, 0.1) is 13.2 Å². The average molecular weight is 526 g/mol. The third-order valence-electron chi connectivity index (χ3n) is 5.38. The molecule has 0 saturated carbocycles. The maximum absolute atomic E-state index is 5.59. The van der Waals surface area contributed by atoms with E-state index in [2.05, 4.69) is 69.2 Å². The van der Waals surface area contributed by atoms with Gasteiger partial charge in [-0.25, -0.2) is 0 Å². The first-order valence-electron chi connectivity index (χ1n) is 9.74. The molecule has 1 fully saturated rings. The summed E-state index contributed by atoms with van der Waals surface area (Å²) >= 11 is 0. The highest BCUT2D eigenvalue weighted by Gasteiger charge is 2.25. The molecule has 1 aliphatic rings. The highest BCUT2D eigenvalue weighted by atomic mass is 79.9. The monoisotopic (exact) mass is 524 g/mol. The van der Waals surface area contributed by atoms with Crippen LogP contribution in [0.3, 0.4) is 0 Å². The quantitative estimate of drug-likeness (QED) is 0.388. The molecule has 0 aliphatic carbocycles. The summed E-state index contributed by atoms with van der Waals surface area (Å²) in [5.41, 5.74) is 1.27. The fourth-order valence-electron chi connectivity index (χ4n) is 3.98. The van der Waals surface area contributed by atoms with Crippen molar-refractivity contribution in [2.24, 2.45) is 0 Å². The van der Waals surface area contributed by atoms with E-state index in [-0.39, 0.29) is 34.0 Å². The number of halogens is 2. The van der Waals surface area contributed by atoms with Crippen molar-refractivity contribution < 1.29 is 4.74 Å². The lowest BCUT2D eigenvalue weighted by atomic mass is 10.0. The molecular weight excluding hydrogens is 496 g/mol. The molecule has 0 radical (unpaired) electrons. The SMILES string of the molecule is Br.Br.COc1ccccc1C1CNCCN1CCCNc1[nH]cc2ccccc12. The zero-order chi connectivity index (χ0) is 18.5. The van der Waals surface area contributed by atoms with Crippen molar-refractivity contribution in [3.63, 3.8) is 0 Å². The van der Waals surface area contributed by atoms with Gasteiger partial charge in [0.2, 0.25) is 0 Å². The molecule has 7 heteroatoms. The van der Waals surface area contributed by atoms with Gasteiger partial charge in [0, 0.05) is 55.3 Å². The highest BCUT2D eigenvalue weighted by molar-refractivity contribution is 8.93. The molecular formula is C22H30Br2N4O. The Morgan fingerprint density at radius 1 is 1.10 bits per heavy atom. The van der Waals surface area contributed by atoms with E-state index < -0.39 is 0 Å². The fourth-order valence-corrected chi connectivity index (χ4v) is 3.98. The van der Waals surface area contributed by atoms with Gasteiger partial charge in [-0.3, -0.25) is 4.90 Å². The number of methoxy groups -OCH3 is 1. The molecule has 3 aromatic rings. The van der Waals surface area contributed by atoms with Crippen LogP contribution < -0.4 is 15.4 Å². The lowest BCUT2D eigenvalue weighted by Crippen LogP contribution is -2.46. The Hall–Kier alpha value is -1.54. The first-order valence-corrected chi connectivity index (χ1v) is 9.74. The summed E-state index contributed by atoms with van der Waals surface area (Å²) in [6.45, 7) is 5.09. The van der Waals surface area contributed by atoms with Crippen LogP contribution in [0.4, 0.5) is 5.82 Å². The van der Waals surface area contributed by atoms with Crippen LogP contribution in [0.1, 0.15) is 18.0 Å². The number of nitrogens with one attached hydrogen (secondary N) is 3. The molecule has 2 heterocycles. The third kappa shape index (κ3) is 5.54. The number of aromatic amines is 1. The molecule has 1 aliphatic heterocycles. The molecule has 158 valence electrons. The van der Waals surface area contributed by atoms with E-state index in [9.17, 15) is 0 Å². The predicted molar refractivity (Wildman–Crippen MR) is 132 cm³/mol. The molecule has 3 N–H and O–H groups in total. The van der Waals surface area contributed by atoms with Gasteiger partial charge in [-0.05, 0) is 12.5 Å². The molecule has 0 spiro atoms. The van der Waals surface area contributed by atoms with Crippen molar-refractivity contribution in [2.75, 3.05) is 45.2 Å². The molecule has 1 atom stereocenters. The number of nitrogens with zero attached hydrogens (tertiary/aromatic N) is 1. The lowest BCUT2D eigenvalue weighted by Gasteiger charge is -2.37. The van der Waals surface area contributed by atoms with Crippen LogP contribution in [0, 0.1) is 0 Å². The Kier molecular flexibility index (Phi) is 9.49. The lowest BCUT2D eigenvalue weighted by molar-refractivity contribution is 0.159. The predicted octanol–water partition coefficient (Wildman–Crippen LogP) is 4.78. The van der Waals surface area contributed by atoms with Crippen LogP contribution in [0.25, 0.3) is 10.8 Å². The van der Waals surface area contributed by atoms with Crippen molar-refractivity contribution in [2.45, 2.75) is 12.5 Å². The van der Waals surface area contributed by atoms with Crippen molar-refractivity contribution in [3.8, 4) is 5.75 Å². The van der Waals surface area contributed by atoms with Crippen LogP contribution >= 0.6 is 34.0 Å².